The minimum absolute atomic E-state index is 0.0431. The Balaban J connectivity index is 1.30. The molecule has 32 heavy (non-hydrogen) atoms. The molecule has 7 heteroatoms. The van der Waals surface area contributed by atoms with Crippen LogP contribution in [0.1, 0.15) is 49.7 Å². The Kier molecular flexibility index (Phi) is 6.17. The number of carbonyl (C=O) groups is 3. The second-order valence-electron chi connectivity index (χ2n) is 8.83. The molecule has 0 radical (unpaired) electrons. The summed E-state index contributed by atoms with van der Waals surface area (Å²) in [7, 11) is 0. The van der Waals surface area contributed by atoms with Crippen LogP contribution in [0.5, 0.6) is 0 Å². The van der Waals surface area contributed by atoms with Gasteiger partial charge in [-0.2, -0.15) is 0 Å². The van der Waals surface area contributed by atoms with Gasteiger partial charge in [-0.05, 0) is 47.4 Å². The standard InChI is InChI=1S/C25H28N2O5/c1-16(23(30)26-15-25(11-6-12-25)13-22(28)29)27-24(31)32-14-21-19-9-4-2-7-17(19)18-8-3-5-10-20(18)21/h2-5,7-10,16,21H,6,11-15H2,1H3,(H,26,30)(H,27,31)(H,28,29)/t16-/m1/s1. The van der Waals surface area contributed by atoms with Gasteiger partial charge in [0.2, 0.25) is 5.91 Å². The first-order valence-electron chi connectivity index (χ1n) is 11.0. The van der Waals surface area contributed by atoms with Gasteiger partial charge in [-0.3, -0.25) is 9.59 Å². The van der Waals surface area contributed by atoms with E-state index in [1.165, 1.54) is 0 Å². The van der Waals surface area contributed by atoms with Crippen LogP contribution in [0.25, 0.3) is 11.1 Å². The Bertz CT molecular complexity index is 985. The molecule has 2 amide bonds. The summed E-state index contributed by atoms with van der Waals surface area (Å²) < 4.78 is 5.48. The lowest BCUT2D eigenvalue weighted by Crippen LogP contribution is -2.50. The zero-order valence-electron chi connectivity index (χ0n) is 18.1. The average molecular weight is 437 g/mol. The van der Waals surface area contributed by atoms with Crippen molar-refractivity contribution >= 4 is 18.0 Å². The van der Waals surface area contributed by atoms with Gasteiger partial charge in [0, 0.05) is 12.5 Å². The quantitative estimate of drug-likeness (QED) is 0.586. The van der Waals surface area contributed by atoms with Crippen LogP contribution < -0.4 is 10.6 Å². The van der Waals surface area contributed by atoms with Gasteiger partial charge in [-0.25, -0.2) is 4.79 Å². The molecule has 3 N–H and O–H groups in total. The van der Waals surface area contributed by atoms with Crippen LogP contribution in [-0.4, -0.2) is 42.3 Å². The zero-order valence-corrected chi connectivity index (χ0v) is 18.1. The summed E-state index contributed by atoms with van der Waals surface area (Å²) in [6.07, 6.45) is 1.93. The molecular formula is C25H28N2O5. The smallest absolute Gasteiger partial charge is 0.407 e. The number of carboxylic acid groups (broad SMARTS) is 1. The van der Waals surface area contributed by atoms with E-state index < -0.39 is 18.1 Å². The summed E-state index contributed by atoms with van der Waals surface area (Å²) in [4.78, 5) is 35.9. The highest BCUT2D eigenvalue weighted by Crippen LogP contribution is 2.45. The molecule has 1 atom stereocenters. The van der Waals surface area contributed by atoms with Crippen LogP contribution in [0, 0.1) is 5.41 Å². The van der Waals surface area contributed by atoms with Crippen LogP contribution in [0.3, 0.4) is 0 Å². The Hall–Kier alpha value is -3.35. The fraction of sp³-hybridized carbons (Fsp3) is 0.400. The number of hydrogen-bond acceptors (Lipinski definition) is 4. The molecule has 0 heterocycles. The van der Waals surface area contributed by atoms with Crippen molar-refractivity contribution in [1.29, 1.82) is 0 Å². The largest absolute Gasteiger partial charge is 0.481 e. The van der Waals surface area contributed by atoms with Gasteiger partial charge in [-0.15, -0.1) is 0 Å². The third-order valence-corrected chi connectivity index (χ3v) is 6.65. The van der Waals surface area contributed by atoms with Gasteiger partial charge in [-0.1, -0.05) is 55.0 Å². The molecule has 2 aromatic rings. The third kappa shape index (κ3) is 4.47. The summed E-state index contributed by atoms with van der Waals surface area (Å²) in [6.45, 7) is 2.06. The molecule has 1 saturated carbocycles. The first kappa shape index (κ1) is 21.9. The Labute approximate surface area is 187 Å². The predicted molar refractivity (Wildman–Crippen MR) is 119 cm³/mol. The third-order valence-electron chi connectivity index (χ3n) is 6.65. The monoisotopic (exact) mass is 436 g/mol. The molecular weight excluding hydrogens is 408 g/mol. The second kappa shape index (κ2) is 9.02. The highest BCUT2D eigenvalue weighted by atomic mass is 16.5. The molecule has 2 aromatic carbocycles. The number of carboxylic acids is 1. The topological polar surface area (TPSA) is 105 Å². The molecule has 0 unspecified atom stereocenters. The number of amides is 2. The lowest BCUT2D eigenvalue weighted by atomic mass is 9.66. The lowest BCUT2D eigenvalue weighted by Gasteiger charge is -2.41. The number of nitrogens with one attached hydrogen (secondary N) is 2. The number of benzene rings is 2. The molecule has 0 saturated heterocycles. The number of fused-ring (bicyclic) bond motifs is 3. The highest BCUT2D eigenvalue weighted by molar-refractivity contribution is 5.85. The van der Waals surface area contributed by atoms with E-state index in [2.05, 4.69) is 22.8 Å². The lowest BCUT2D eigenvalue weighted by molar-refractivity contribution is -0.142. The van der Waals surface area contributed by atoms with Crippen LogP contribution in [0.15, 0.2) is 48.5 Å². The van der Waals surface area contributed by atoms with E-state index in [4.69, 9.17) is 9.84 Å². The fourth-order valence-electron chi connectivity index (χ4n) is 4.72. The number of carbonyl (C=O) groups excluding carboxylic acids is 2. The zero-order chi connectivity index (χ0) is 22.7. The maximum Gasteiger partial charge on any atom is 0.407 e. The van der Waals surface area contributed by atoms with Crippen LogP contribution in [0.4, 0.5) is 4.79 Å². The van der Waals surface area contributed by atoms with Crippen molar-refractivity contribution in [2.24, 2.45) is 5.41 Å². The summed E-state index contributed by atoms with van der Waals surface area (Å²) in [6, 6.07) is 15.4. The van der Waals surface area contributed by atoms with E-state index >= 15 is 0 Å². The van der Waals surface area contributed by atoms with Gasteiger partial charge >= 0.3 is 12.1 Å². The minimum Gasteiger partial charge on any atom is -0.481 e. The van der Waals surface area contributed by atoms with Crippen molar-refractivity contribution in [2.75, 3.05) is 13.2 Å². The van der Waals surface area contributed by atoms with Crippen molar-refractivity contribution in [3.05, 3.63) is 59.7 Å². The van der Waals surface area contributed by atoms with E-state index in [9.17, 15) is 14.4 Å². The van der Waals surface area contributed by atoms with E-state index in [1.54, 1.807) is 6.92 Å². The number of alkyl carbamates (subject to hydrolysis) is 1. The Morgan fingerprint density at radius 1 is 1.06 bits per heavy atom. The molecule has 0 spiro atoms. The SMILES string of the molecule is C[C@@H](NC(=O)OCC1c2ccccc2-c2ccccc21)C(=O)NCC1(CC(=O)O)CCC1. The van der Waals surface area contributed by atoms with E-state index in [1.807, 2.05) is 36.4 Å². The molecule has 7 nitrogen and oxygen atoms in total. The molecule has 168 valence electrons. The Morgan fingerprint density at radius 3 is 2.19 bits per heavy atom. The van der Waals surface area contributed by atoms with E-state index in [-0.39, 0.29) is 30.3 Å². The summed E-state index contributed by atoms with van der Waals surface area (Å²) >= 11 is 0. The highest BCUT2D eigenvalue weighted by Gasteiger charge is 2.39. The molecule has 0 bridgehead atoms. The van der Waals surface area contributed by atoms with Crippen molar-refractivity contribution in [1.82, 2.24) is 10.6 Å². The van der Waals surface area contributed by atoms with Crippen LogP contribution in [-0.2, 0) is 14.3 Å². The van der Waals surface area contributed by atoms with Gasteiger partial charge < -0.3 is 20.5 Å². The van der Waals surface area contributed by atoms with E-state index in [0.29, 0.717) is 6.54 Å². The first-order chi connectivity index (χ1) is 15.4. The van der Waals surface area contributed by atoms with Crippen molar-refractivity contribution in [3.8, 4) is 11.1 Å². The molecule has 1 fully saturated rings. The van der Waals surface area contributed by atoms with Crippen LogP contribution in [0.2, 0.25) is 0 Å². The van der Waals surface area contributed by atoms with Crippen molar-refractivity contribution < 1.29 is 24.2 Å². The van der Waals surface area contributed by atoms with Gasteiger partial charge in [0.1, 0.15) is 12.6 Å². The van der Waals surface area contributed by atoms with Crippen molar-refractivity contribution in [2.45, 2.75) is 44.6 Å². The molecule has 2 aliphatic rings. The average Bonchev–Trinajstić information content (AvgIpc) is 3.07. The maximum absolute atomic E-state index is 12.4. The predicted octanol–water partition coefficient (Wildman–Crippen LogP) is 3.67. The second-order valence-corrected chi connectivity index (χ2v) is 8.83. The molecule has 0 aromatic heterocycles. The van der Waals surface area contributed by atoms with Crippen LogP contribution >= 0.6 is 0 Å². The summed E-state index contributed by atoms with van der Waals surface area (Å²) in [5.41, 5.74) is 4.17. The summed E-state index contributed by atoms with van der Waals surface area (Å²) in [5.74, 6) is -1.26. The molecule has 0 aliphatic heterocycles. The van der Waals surface area contributed by atoms with Gasteiger partial charge in [0.15, 0.2) is 0 Å². The number of aliphatic carboxylic acids is 1. The number of ether oxygens (including phenoxy) is 1. The molecule has 2 aliphatic carbocycles. The minimum atomic E-state index is -0.858. The fourth-order valence-corrected chi connectivity index (χ4v) is 4.72. The number of rotatable bonds is 8. The Morgan fingerprint density at radius 2 is 1.66 bits per heavy atom. The van der Waals surface area contributed by atoms with Gasteiger partial charge in [0.25, 0.3) is 0 Å². The summed E-state index contributed by atoms with van der Waals surface area (Å²) in [5, 5.41) is 14.5. The van der Waals surface area contributed by atoms with Gasteiger partial charge in [0.05, 0.1) is 6.42 Å². The maximum atomic E-state index is 12.4. The molecule has 4 rings (SSSR count). The first-order valence-corrected chi connectivity index (χ1v) is 11.0. The normalized spacial score (nSPS) is 16.8. The van der Waals surface area contributed by atoms with E-state index in [0.717, 1.165) is 41.5 Å². The number of hydrogen-bond donors (Lipinski definition) is 3. The van der Waals surface area contributed by atoms with Crippen molar-refractivity contribution in [3.63, 3.8) is 0 Å².